The first kappa shape index (κ1) is 14.0. The zero-order chi connectivity index (χ0) is 13.5. The van der Waals surface area contributed by atoms with Gasteiger partial charge in [-0.2, -0.15) is 0 Å². The average molecular weight is 268 g/mol. The summed E-state index contributed by atoms with van der Waals surface area (Å²) in [4.78, 5) is 1.38. The summed E-state index contributed by atoms with van der Waals surface area (Å²) in [6.45, 7) is 4.34. The lowest BCUT2D eigenvalue weighted by atomic mass is 10.1. The Morgan fingerprint density at radius 3 is 2.53 bits per heavy atom. The van der Waals surface area contributed by atoms with Crippen LogP contribution in [0.4, 0.5) is 0 Å². The van der Waals surface area contributed by atoms with E-state index in [1.807, 2.05) is 11.8 Å². The number of rotatable bonds is 5. The van der Waals surface area contributed by atoms with Gasteiger partial charge >= 0.3 is 0 Å². The molecule has 2 rings (SSSR count). The van der Waals surface area contributed by atoms with Crippen molar-refractivity contribution >= 4 is 16.7 Å². The topological polar surface area (TPSA) is 0 Å². The molecule has 0 atom stereocenters. The number of hydrogen-bond acceptors (Lipinski definition) is 1. The molecule has 98 valence electrons. The fraction of sp³-hybridized carbons (Fsp3) is 0.222. The maximum Gasteiger partial charge on any atom is 0.0232 e. The first-order chi connectivity index (χ1) is 9.29. The molecule has 0 unspecified atom stereocenters. The summed E-state index contributed by atoms with van der Waals surface area (Å²) in [6, 6.07) is 19.4. The van der Waals surface area contributed by atoms with Gasteiger partial charge in [-0.15, -0.1) is 11.8 Å². The van der Waals surface area contributed by atoms with Crippen LogP contribution in [0.5, 0.6) is 0 Å². The van der Waals surface area contributed by atoms with Crippen LogP contribution in [0.3, 0.4) is 0 Å². The maximum absolute atomic E-state index is 2.32. The highest BCUT2D eigenvalue weighted by Gasteiger charge is 2.03. The monoisotopic (exact) mass is 268 g/mol. The Kier molecular flexibility index (Phi) is 5.29. The molecule has 0 N–H and O–H groups in total. The Hall–Kier alpha value is -1.47. The quantitative estimate of drug-likeness (QED) is 0.672. The van der Waals surface area contributed by atoms with Crippen molar-refractivity contribution in [3.63, 3.8) is 0 Å². The molecular formula is C18H20S. The van der Waals surface area contributed by atoms with E-state index in [1.54, 1.807) is 0 Å². The molecule has 0 amide bonds. The summed E-state index contributed by atoms with van der Waals surface area (Å²) in [7, 11) is 0. The lowest BCUT2D eigenvalue weighted by molar-refractivity contribution is 1.23. The molecule has 0 aliphatic rings. The van der Waals surface area contributed by atoms with Crippen molar-refractivity contribution in [2.45, 2.75) is 26.0 Å². The van der Waals surface area contributed by atoms with Crippen LogP contribution in [0.15, 0.2) is 60.7 Å². The number of hydrogen-bond donors (Lipinski definition) is 0. The smallest absolute Gasteiger partial charge is 0.0232 e. The van der Waals surface area contributed by atoms with Gasteiger partial charge in [0.1, 0.15) is 0 Å². The summed E-state index contributed by atoms with van der Waals surface area (Å²) in [5.74, 6) is 1.03. The molecule has 0 heterocycles. The van der Waals surface area contributed by atoms with Gasteiger partial charge in [0.05, 0.1) is 0 Å². The van der Waals surface area contributed by atoms with Gasteiger partial charge in [-0.1, -0.05) is 73.2 Å². The van der Waals surface area contributed by atoms with E-state index in [0.717, 1.165) is 12.2 Å². The minimum absolute atomic E-state index is 1.03. The molecule has 0 aliphatic carbocycles. The first-order valence-corrected chi connectivity index (χ1v) is 7.72. The van der Waals surface area contributed by atoms with Crippen LogP contribution < -0.4 is 0 Å². The molecule has 0 saturated carbocycles. The Balaban J connectivity index is 2.11. The Labute approximate surface area is 120 Å². The van der Waals surface area contributed by atoms with Crippen molar-refractivity contribution < 1.29 is 0 Å². The molecule has 0 saturated heterocycles. The Morgan fingerprint density at radius 2 is 1.84 bits per heavy atom. The fourth-order valence-corrected chi connectivity index (χ4v) is 3.07. The van der Waals surface area contributed by atoms with Gasteiger partial charge in [-0.05, 0) is 24.5 Å². The van der Waals surface area contributed by atoms with Crippen molar-refractivity contribution in [3.05, 3.63) is 77.4 Å². The summed E-state index contributed by atoms with van der Waals surface area (Å²) in [5.41, 5.74) is 4.03. The third-order valence-electron chi connectivity index (χ3n) is 2.93. The van der Waals surface area contributed by atoms with Crippen LogP contribution >= 0.6 is 11.8 Å². The third kappa shape index (κ3) is 4.29. The number of aryl methyl sites for hydroxylation is 1. The van der Waals surface area contributed by atoms with E-state index >= 15 is 0 Å². The van der Waals surface area contributed by atoms with Crippen LogP contribution in [0.2, 0.25) is 0 Å². The van der Waals surface area contributed by atoms with Gasteiger partial charge in [-0.25, -0.2) is 0 Å². The second-order valence-corrected chi connectivity index (χ2v) is 5.64. The fourth-order valence-electron chi connectivity index (χ4n) is 1.98. The molecule has 0 aromatic heterocycles. The van der Waals surface area contributed by atoms with Gasteiger partial charge in [-0.3, -0.25) is 0 Å². The van der Waals surface area contributed by atoms with Crippen molar-refractivity contribution in [1.29, 1.82) is 0 Å². The molecule has 1 heteroatoms. The normalized spacial score (nSPS) is 11.6. The van der Waals surface area contributed by atoms with E-state index in [9.17, 15) is 0 Å². The predicted molar refractivity (Wildman–Crippen MR) is 87.2 cm³/mol. The van der Waals surface area contributed by atoms with E-state index in [-0.39, 0.29) is 0 Å². The minimum Gasteiger partial charge on any atom is -0.121 e. The van der Waals surface area contributed by atoms with Crippen molar-refractivity contribution in [3.8, 4) is 0 Å². The predicted octanol–water partition coefficient (Wildman–Crippen LogP) is 5.68. The molecule has 0 spiro atoms. The second kappa shape index (κ2) is 7.20. The maximum atomic E-state index is 2.32. The number of benzene rings is 2. The third-order valence-corrected chi connectivity index (χ3v) is 4.12. The van der Waals surface area contributed by atoms with E-state index in [0.29, 0.717) is 0 Å². The highest BCUT2D eigenvalue weighted by atomic mass is 32.2. The van der Waals surface area contributed by atoms with Crippen LogP contribution in [-0.4, -0.2) is 0 Å². The molecule has 0 aliphatic heterocycles. The molecule has 0 nitrogen and oxygen atoms in total. The van der Waals surface area contributed by atoms with Gasteiger partial charge in [0, 0.05) is 10.7 Å². The lowest BCUT2D eigenvalue weighted by Crippen LogP contribution is -1.85. The van der Waals surface area contributed by atoms with Crippen molar-refractivity contribution in [2.24, 2.45) is 0 Å². The highest BCUT2D eigenvalue weighted by molar-refractivity contribution is 8.07. The highest BCUT2D eigenvalue weighted by Crippen LogP contribution is 2.31. The van der Waals surface area contributed by atoms with Crippen LogP contribution in [0, 0.1) is 6.92 Å². The largest absolute Gasteiger partial charge is 0.121 e. The molecule has 2 aromatic carbocycles. The molecule has 0 fully saturated rings. The van der Waals surface area contributed by atoms with Crippen LogP contribution in [-0.2, 0) is 5.75 Å². The second-order valence-electron chi connectivity index (χ2n) is 4.62. The lowest BCUT2D eigenvalue weighted by Gasteiger charge is -2.08. The summed E-state index contributed by atoms with van der Waals surface area (Å²) >= 11 is 1.92. The summed E-state index contributed by atoms with van der Waals surface area (Å²) in [5, 5.41) is 0. The minimum atomic E-state index is 1.03. The van der Waals surface area contributed by atoms with E-state index in [4.69, 9.17) is 0 Å². The van der Waals surface area contributed by atoms with Crippen molar-refractivity contribution in [1.82, 2.24) is 0 Å². The zero-order valence-electron chi connectivity index (χ0n) is 11.6. The van der Waals surface area contributed by atoms with Crippen LogP contribution in [0.1, 0.15) is 30.0 Å². The summed E-state index contributed by atoms with van der Waals surface area (Å²) < 4.78 is 0. The van der Waals surface area contributed by atoms with Crippen molar-refractivity contribution in [2.75, 3.05) is 0 Å². The SMILES string of the molecule is CC/C=C(\SCc1ccccc1)c1cccc(C)c1. The Morgan fingerprint density at radius 1 is 1.05 bits per heavy atom. The standard InChI is InChI=1S/C18H20S/c1-3-8-18(17-12-7-9-15(2)13-17)19-14-16-10-5-4-6-11-16/h4-13H,3,14H2,1-2H3/b18-8-. The molecule has 0 bridgehead atoms. The van der Waals surface area contributed by atoms with E-state index in [1.165, 1.54) is 21.6 Å². The van der Waals surface area contributed by atoms with Crippen LogP contribution in [0.25, 0.3) is 4.91 Å². The van der Waals surface area contributed by atoms with Gasteiger partial charge in [0.2, 0.25) is 0 Å². The van der Waals surface area contributed by atoms with Gasteiger partial charge < -0.3 is 0 Å². The first-order valence-electron chi connectivity index (χ1n) is 6.73. The number of allylic oxidation sites excluding steroid dienone is 1. The van der Waals surface area contributed by atoms with Gasteiger partial charge in [0.15, 0.2) is 0 Å². The molecule has 2 aromatic rings. The summed E-state index contributed by atoms with van der Waals surface area (Å²) in [6.07, 6.45) is 3.40. The zero-order valence-corrected chi connectivity index (χ0v) is 12.4. The number of thioether (sulfide) groups is 1. The molecule has 19 heavy (non-hydrogen) atoms. The van der Waals surface area contributed by atoms with Gasteiger partial charge in [0.25, 0.3) is 0 Å². The van der Waals surface area contributed by atoms with E-state index < -0.39 is 0 Å². The molecular weight excluding hydrogens is 248 g/mol. The Bertz CT molecular complexity index is 541. The molecule has 0 radical (unpaired) electrons. The average Bonchev–Trinajstić information content (AvgIpc) is 2.44. The van der Waals surface area contributed by atoms with E-state index in [2.05, 4.69) is 74.5 Å².